The molecule has 3 aromatic rings. The first-order valence-electron chi connectivity index (χ1n) is 8.67. The van der Waals surface area contributed by atoms with Crippen LogP contribution in [0.5, 0.6) is 5.75 Å². The van der Waals surface area contributed by atoms with Crippen molar-refractivity contribution in [2.45, 2.75) is 25.3 Å². The summed E-state index contributed by atoms with van der Waals surface area (Å²) in [5, 5.41) is 7.44. The molecule has 1 fully saturated rings. The maximum atomic E-state index is 12.5. The lowest BCUT2D eigenvalue weighted by Gasteiger charge is -2.07. The number of rotatable bonds is 6. The van der Waals surface area contributed by atoms with Gasteiger partial charge in [0.05, 0.1) is 25.0 Å². The number of hydrogen-bond acceptors (Lipinski definition) is 4. The quantitative estimate of drug-likeness (QED) is 0.743. The van der Waals surface area contributed by atoms with Crippen molar-refractivity contribution >= 4 is 5.91 Å². The second-order valence-electron chi connectivity index (χ2n) is 6.34. The predicted octanol–water partition coefficient (Wildman–Crippen LogP) is 3.08. The Balaban J connectivity index is 1.56. The molecule has 1 aromatic carbocycles. The molecule has 132 valence electrons. The van der Waals surface area contributed by atoms with Gasteiger partial charge in [0.2, 0.25) is 0 Å². The zero-order chi connectivity index (χ0) is 17.9. The summed E-state index contributed by atoms with van der Waals surface area (Å²) in [6.07, 6.45) is 3.98. The number of carbonyl (C=O) groups is 1. The molecule has 1 amide bonds. The van der Waals surface area contributed by atoms with Gasteiger partial charge in [-0.3, -0.25) is 9.78 Å². The number of nitrogens with one attached hydrogen (secondary N) is 1. The third kappa shape index (κ3) is 3.44. The Morgan fingerprint density at radius 3 is 2.69 bits per heavy atom. The van der Waals surface area contributed by atoms with E-state index in [1.807, 2.05) is 53.2 Å². The third-order valence-corrected chi connectivity index (χ3v) is 4.44. The molecule has 1 aliphatic carbocycles. The molecule has 26 heavy (non-hydrogen) atoms. The molecule has 0 atom stereocenters. The van der Waals surface area contributed by atoms with Crippen LogP contribution in [0.4, 0.5) is 0 Å². The average molecular weight is 348 g/mol. The molecule has 0 radical (unpaired) electrons. The van der Waals surface area contributed by atoms with Crippen molar-refractivity contribution in [3.05, 3.63) is 71.8 Å². The van der Waals surface area contributed by atoms with Crippen LogP contribution in [0.1, 0.15) is 40.6 Å². The highest BCUT2D eigenvalue weighted by Gasteiger charge is 2.29. The first-order chi connectivity index (χ1) is 12.7. The minimum absolute atomic E-state index is 0.190. The number of carbonyl (C=O) groups excluding carboxylic acids is 1. The molecule has 0 bridgehead atoms. The SMILES string of the molecule is COc1ccc(-n2nc(C(=O)NCc3ccccn3)cc2C2CC2)cc1. The molecule has 0 spiro atoms. The third-order valence-electron chi connectivity index (χ3n) is 4.44. The molecule has 0 unspecified atom stereocenters. The number of pyridine rings is 1. The molecule has 1 saturated carbocycles. The van der Waals surface area contributed by atoms with Gasteiger partial charge in [0.15, 0.2) is 5.69 Å². The second-order valence-corrected chi connectivity index (χ2v) is 6.34. The Kier molecular flexibility index (Phi) is 4.39. The standard InChI is InChI=1S/C20H20N4O2/c1-26-17-9-7-16(8-10-17)24-19(14-5-6-14)12-18(23-24)20(25)22-13-15-4-2-3-11-21-15/h2-4,7-12,14H,5-6,13H2,1H3,(H,22,25). The van der Waals surface area contributed by atoms with Crippen LogP contribution in [-0.4, -0.2) is 27.8 Å². The van der Waals surface area contributed by atoms with Gasteiger partial charge >= 0.3 is 0 Å². The Bertz CT molecular complexity index is 899. The molecular weight excluding hydrogens is 328 g/mol. The van der Waals surface area contributed by atoms with E-state index in [0.29, 0.717) is 18.2 Å². The summed E-state index contributed by atoms with van der Waals surface area (Å²) >= 11 is 0. The van der Waals surface area contributed by atoms with E-state index in [0.717, 1.165) is 35.7 Å². The summed E-state index contributed by atoms with van der Waals surface area (Å²) in [7, 11) is 1.64. The van der Waals surface area contributed by atoms with Crippen LogP contribution in [0, 0.1) is 0 Å². The maximum absolute atomic E-state index is 12.5. The summed E-state index contributed by atoms with van der Waals surface area (Å²) in [6, 6.07) is 15.2. The molecule has 6 nitrogen and oxygen atoms in total. The zero-order valence-corrected chi connectivity index (χ0v) is 14.6. The summed E-state index contributed by atoms with van der Waals surface area (Å²) in [5.74, 6) is 1.08. The monoisotopic (exact) mass is 348 g/mol. The van der Waals surface area contributed by atoms with Crippen LogP contribution in [0.3, 0.4) is 0 Å². The van der Waals surface area contributed by atoms with Crippen molar-refractivity contribution < 1.29 is 9.53 Å². The number of aromatic nitrogens is 3. The first kappa shape index (κ1) is 16.3. The van der Waals surface area contributed by atoms with Crippen molar-refractivity contribution in [2.24, 2.45) is 0 Å². The number of hydrogen-bond donors (Lipinski definition) is 1. The highest BCUT2D eigenvalue weighted by atomic mass is 16.5. The van der Waals surface area contributed by atoms with Gasteiger partial charge in [-0.1, -0.05) is 6.07 Å². The lowest BCUT2D eigenvalue weighted by molar-refractivity contribution is 0.0945. The molecular formula is C20H20N4O2. The number of methoxy groups -OCH3 is 1. The zero-order valence-electron chi connectivity index (χ0n) is 14.6. The summed E-state index contributed by atoms with van der Waals surface area (Å²) in [4.78, 5) is 16.7. The van der Waals surface area contributed by atoms with Crippen molar-refractivity contribution in [2.75, 3.05) is 7.11 Å². The number of benzene rings is 1. The smallest absolute Gasteiger partial charge is 0.272 e. The summed E-state index contributed by atoms with van der Waals surface area (Å²) in [5.41, 5.74) is 3.26. The molecule has 6 heteroatoms. The molecule has 0 aliphatic heterocycles. The van der Waals surface area contributed by atoms with Gasteiger partial charge in [-0.15, -0.1) is 0 Å². The lowest BCUT2D eigenvalue weighted by Crippen LogP contribution is -2.23. The molecule has 1 aliphatic rings. The van der Waals surface area contributed by atoms with E-state index in [1.54, 1.807) is 13.3 Å². The van der Waals surface area contributed by atoms with Gasteiger partial charge in [-0.05, 0) is 55.3 Å². The Morgan fingerprint density at radius 1 is 1.23 bits per heavy atom. The molecule has 2 heterocycles. The van der Waals surface area contributed by atoms with Gasteiger partial charge in [0.1, 0.15) is 5.75 Å². The normalized spacial score (nSPS) is 13.4. The fraction of sp³-hybridized carbons (Fsp3) is 0.250. The van der Waals surface area contributed by atoms with Crippen molar-refractivity contribution in [1.29, 1.82) is 0 Å². The highest BCUT2D eigenvalue weighted by Crippen LogP contribution is 2.41. The largest absolute Gasteiger partial charge is 0.497 e. The fourth-order valence-electron chi connectivity index (χ4n) is 2.87. The van der Waals surface area contributed by atoms with Crippen molar-refractivity contribution in [3.63, 3.8) is 0 Å². The van der Waals surface area contributed by atoms with E-state index in [2.05, 4.69) is 15.4 Å². The lowest BCUT2D eigenvalue weighted by atomic mass is 10.2. The van der Waals surface area contributed by atoms with E-state index in [4.69, 9.17) is 4.74 Å². The van der Waals surface area contributed by atoms with E-state index >= 15 is 0 Å². The van der Waals surface area contributed by atoms with Crippen LogP contribution in [0.15, 0.2) is 54.7 Å². The van der Waals surface area contributed by atoms with E-state index in [1.165, 1.54) is 0 Å². The van der Waals surface area contributed by atoms with Gasteiger partial charge in [-0.2, -0.15) is 5.10 Å². The summed E-state index contributed by atoms with van der Waals surface area (Å²) in [6.45, 7) is 0.383. The van der Waals surface area contributed by atoms with Gasteiger partial charge in [-0.25, -0.2) is 4.68 Å². The van der Waals surface area contributed by atoms with E-state index < -0.39 is 0 Å². The topological polar surface area (TPSA) is 69.0 Å². The van der Waals surface area contributed by atoms with Gasteiger partial charge < -0.3 is 10.1 Å². The second kappa shape index (κ2) is 7.00. The predicted molar refractivity (Wildman–Crippen MR) is 97.5 cm³/mol. The average Bonchev–Trinajstić information content (AvgIpc) is 3.45. The highest BCUT2D eigenvalue weighted by molar-refractivity contribution is 5.92. The van der Waals surface area contributed by atoms with Crippen LogP contribution >= 0.6 is 0 Å². The van der Waals surface area contributed by atoms with Crippen LogP contribution in [0.2, 0.25) is 0 Å². The van der Waals surface area contributed by atoms with Crippen LogP contribution < -0.4 is 10.1 Å². The van der Waals surface area contributed by atoms with Crippen LogP contribution in [-0.2, 0) is 6.54 Å². The Hall–Kier alpha value is -3.15. The minimum atomic E-state index is -0.190. The Labute approximate surface area is 151 Å². The maximum Gasteiger partial charge on any atom is 0.272 e. The number of ether oxygens (including phenoxy) is 1. The first-order valence-corrected chi connectivity index (χ1v) is 8.67. The molecule has 1 N–H and O–H groups in total. The van der Waals surface area contributed by atoms with Crippen LogP contribution in [0.25, 0.3) is 5.69 Å². The number of amides is 1. The molecule has 0 saturated heterocycles. The van der Waals surface area contributed by atoms with Gasteiger partial charge in [0, 0.05) is 17.8 Å². The van der Waals surface area contributed by atoms with E-state index in [-0.39, 0.29) is 5.91 Å². The van der Waals surface area contributed by atoms with Gasteiger partial charge in [0.25, 0.3) is 5.91 Å². The van der Waals surface area contributed by atoms with Crippen molar-refractivity contribution in [3.8, 4) is 11.4 Å². The minimum Gasteiger partial charge on any atom is -0.497 e. The molecule has 2 aromatic heterocycles. The summed E-state index contributed by atoms with van der Waals surface area (Å²) < 4.78 is 7.08. The van der Waals surface area contributed by atoms with E-state index in [9.17, 15) is 4.79 Å². The fourth-order valence-corrected chi connectivity index (χ4v) is 2.87. The molecule has 4 rings (SSSR count). The number of nitrogens with zero attached hydrogens (tertiary/aromatic N) is 3. The Morgan fingerprint density at radius 2 is 2.04 bits per heavy atom. The van der Waals surface area contributed by atoms with Crippen molar-refractivity contribution in [1.82, 2.24) is 20.1 Å².